The van der Waals surface area contributed by atoms with Gasteiger partial charge in [0.25, 0.3) is 0 Å². The molecule has 2 aromatic carbocycles. The lowest BCUT2D eigenvalue weighted by atomic mass is 9.81. The molecule has 38 heavy (non-hydrogen) atoms. The van der Waals surface area contributed by atoms with E-state index in [4.69, 9.17) is 27.3 Å². The van der Waals surface area contributed by atoms with E-state index in [-0.39, 0.29) is 29.8 Å². The Hall–Kier alpha value is -4.01. The third kappa shape index (κ3) is 4.06. The highest BCUT2D eigenvalue weighted by atomic mass is 16.5. The van der Waals surface area contributed by atoms with Gasteiger partial charge in [-0.05, 0) is 55.2 Å². The monoisotopic (exact) mass is 510 g/mol. The predicted molar refractivity (Wildman–Crippen MR) is 143 cm³/mol. The van der Waals surface area contributed by atoms with Crippen LogP contribution < -0.4 is 5.32 Å². The molecule has 3 fully saturated rings. The van der Waals surface area contributed by atoms with Crippen molar-refractivity contribution in [1.29, 1.82) is 0 Å². The first kappa shape index (κ1) is 24.3. The number of alkyl carbamates (subject to hydrolysis) is 1. The number of fused-ring (bicyclic) bond motifs is 3. The van der Waals surface area contributed by atoms with Crippen molar-refractivity contribution in [2.75, 3.05) is 20.3 Å². The highest BCUT2D eigenvalue weighted by Crippen LogP contribution is 2.57. The van der Waals surface area contributed by atoms with Crippen LogP contribution in [0.1, 0.15) is 37.1 Å². The smallest absolute Gasteiger partial charge is 0.407 e. The summed E-state index contributed by atoms with van der Waals surface area (Å²) in [6, 6.07) is 9.55. The Bertz CT molecular complexity index is 1510. The summed E-state index contributed by atoms with van der Waals surface area (Å²) in [5, 5.41) is 4.91. The van der Waals surface area contributed by atoms with Crippen LogP contribution in [0, 0.1) is 41.9 Å². The summed E-state index contributed by atoms with van der Waals surface area (Å²) in [6.45, 7) is 1.54. The van der Waals surface area contributed by atoms with Crippen molar-refractivity contribution in [2.45, 2.75) is 44.3 Å². The zero-order chi connectivity index (χ0) is 26.4. The van der Waals surface area contributed by atoms with Crippen LogP contribution in [0.25, 0.3) is 21.8 Å². The van der Waals surface area contributed by atoms with Gasteiger partial charge in [-0.1, -0.05) is 18.1 Å². The van der Waals surface area contributed by atoms with Crippen LogP contribution in [0.3, 0.4) is 0 Å². The second-order valence-corrected chi connectivity index (χ2v) is 10.6. The van der Waals surface area contributed by atoms with Crippen molar-refractivity contribution in [3.8, 4) is 24.7 Å². The van der Waals surface area contributed by atoms with E-state index in [0.717, 1.165) is 46.6 Å². The molecule has 8 nitrogen and oxygen atoms in total. The van der Waals surface area contributed by atoms with Crippen molar-refractivity contribution < 1.29 is 19.1 Å². The minimum atomic E-state index is -0.690. The van der Waals surface area contributed by atoms with Gasteiger partial charge in [-0.15, -0.1) is 18.8 Å². The number of rotatable bonds is 6. The number of hydrogen-bond donors (Lipinski definition) is 2. The molecule has 1 aliphatic heterocycles. The number of ether oxygens (including phenoxy) is 2. The van der Waals surface area contributed by atoms with E-state index < -0.39 is 11.5 Å². The second-order valence-electron chi connectivity index (χ2n) is 10.6. The highest BCUT2D eigenvalue weighted by Gasteiger charge is 2.67. The second kappa shape index (κ2) is 9.38. The highest BCUT2D eigenvalue weighted by molar-refractivity contribution is 6.04. The van der Waals surface area contributed by atoms with Crippen molar-refractivity contribution in [3.05, 3.63) is 41.7 Å². The fraction of sp³-hybridized carbons (Fsp3) is 0.433. The fourth-order valence-corrected chi connectivity index (χ4v) is 6.23. The molecule has 4 unspecified atom stereocenters. The molecule has 2 N–H and O–H groups in total. The van der Waals surface area contributed by atoms with E-state index in [1.54, 1.807) is 0 Å². The lowest BCUT2D eigenvalue weighted by Crippen LogP contribution is -2.47. The molecular weight excluding hydrogens is 480 g/mol. The third-order valence-corrected chi connectivity index (χ3v) is 8.46. The fourth-order valence-electron chi connectivity index (χ4n) is 6.23. The van der Waals surface area contributed by atoms with Gasteiger partial charge in [0.1, 0.15) is 5.82 Å². The summed E-state index contributed by atoms with van der Waals surface area (Å²) in [7, 11) is 1.34. The summed E-state index contributed by atoms with van der Waals surface area (Å²) in [4.78, 5) is 36.7. The molecule has 2 heterocycles. The van der Waals surface area contributed by atoms with Gasteiger partial charge >= 0.3 is 6.09 Å². The lowest BCUT2D eigenvalue weighted by molar-refractivity contribution is -0.142. The van der Waals surface area contributed by atoms with Crippen LogP contribution in [0.2, 0.25) is 0 Å². The summed E-state index contributed by atoms with van der Waals surface area (Å²) in [5.74, 6) is 6.36. The normalized spacial score (nSPS) is 26.3. The van der Waals surface area contributed by atoms with Gasteiger partial charge in [-0.25, -0.2) is 9.78 Å². The summed E-state index contributed by atoms with van der Waals surface area (Å²) >= 11 is 0. The van der Waals surface area contributed by atoms with E-state index in [9.17, 15) is 9.59 Å². The molecule has 6 rings (SSSR count). The predicted octanol–water partition coefficient (Wildman–Crippen LogP) is 3.59. The first-order chi connectivity index (χ1) is 18.5. The number of nitrogens with one attached hydrogen (secondary N) is 2. The number of H-pyrrole nitrogens is 1. The Morgan fingerprint density at radius 1 is 1.26 bits per heavy atom. The number of imidazole rings is 1. The van der Waals surface area contributed by atoms with Crippen LogP contribution >= 0.6 is 0 Å². The Morgan fingerprint density at radius 3 is 2.79 bits per heavy atom. The number of carbonyl (C=O) groups excluding carboxylic acids is 2. The largest absolute Gasteiger partial charge is 0.453 e. The molecule has 4 atom stereocenters. The van der Waals surface area contributed by atoms with Gasteiger partial charge in [0.05, 0.1) is 30.1 Å². The number of benzene rings is 2. The standard InChI is InChI=1S/C30H30N4O4/c1-4-18-6-8-22-20(14-18)7-9-23-27(22)33-26(31-23)17-34(24-15-19(24)5-2)28(35)30(21-10-12-38-13-11-21)16-25(30)32-29(36)37-3/h1-2,6-9,14,19,21,24-25H,10-13,15-17H2,3H3,(H,31,33)(H,32,36). The number of nitrogens with zero attached hydrogens (tertiary/aromatic N) is 2. The van der Waals surface area contributed by atoms with E-state index in [2.05, 4.69) is 22.1 Å². The molecule has 194 valence electrons. The summed E-state index contributed by atoms with van der Waals surface area (Å²) in [6.07, 6.45) is 13.7. The van der Waals surface area contributed by atoms with Crippen molar-refractivity contribution in [2.24, 2.45) is 17.3 Å². The lowest BCUT2D eigenvalue weighted by Gasteiger charge is -2.35. The average molecular weight is 511 g/mol. The molecule has 1 saturated heterocycles. The van der Waals surface area contributed by atoms with Crippen molar-refractivity contribution in [3.63, 3.8) is 0 Å². The molecule has 0 radical (unpaired) electrons. The third-order valence-electron chi connectivity index (χ3n) is 8.46. The number of hydrogen-bond acceptors (Lipinski definition) is 5. The SMILES string of the molecule is C#Cc1ccc2c(ccc3[nH]c(CN(C(=O)C4(C5CCOCC5)CC4NC(=O)OC)C4CC4C#C)nc32)c1. The molecule has 3 aromatic rings. The van der Waals surface area contributed by atoms with Crippen molar-refractivity contribution >= 4 is 33.8 Å². The van der Waals surface area contributed by atoms with Gasteiger partial charge in [-0.3, -0.25) is 4.79 Å². The van der Waals surface area contributed by atoms with E-state index in [1.165, 1.54) is 7.11 Å². The van der Waals surface area contributed by atoms with Gasteiger partial charge in [0.15, 0.2) is 0 Å². The van der Waals surface area contributed by atoms with Crippen LogP contribution in [0.4, 0.5) is 4.79 Å². The summed E-state index contributed by atoms with van der Waals surface area (Å²) in [5.41, 5.74) is 1.86. The maximum Gasteiger partial charge on any atom is 0.407 e. The molecule has 2 amide bonds. The Morgan fingerprint density at radius 2 is 2.08 bits per heavy atom. The number of terminal acetylenes is 2. The van der Waals surface area contributed by atoms with Crippen LogP contribution in [0.5, 0.6) is 0 Å². The molecular formula is C30H30N4O4. The maximum atomic E-state index is 14.4. The summed E-state index contributed by atoms with van der Waals surface area (Å²) < 4.78 is 10.4. The Kier molecular flexibility index (Phi) is 6.01. The number of amides is 2. The number of aromatic nitrogens is 2. The minimum Gasteiger partial charge on any atom is -0.453 e. The first-order valence-electron chi connectivity index (χ1n) is 13.1. The molecule has 2 aliphatic carbocycles. The number of methoxy groups -OCH3 is 1. The molecule has 0 spiro atoms. The zero-order valence-corrected chi connectivity index (χ0v) is 21.3. The number of carbonyl (C=O) groups is 2. The Labute approximate surface area is 221 Å². The Balaban J connectivity index is 1.34. The average Bonchev–Trinajstić information content (AvgIpc) is 3.85. The van der Waals surface area contributed by atoms with Gasteiger partial charge in [0, 0.05) is 42.2 Å². The topological polar surface area (TPSA) is 96.6 Å². The van der Waals surface area contributed by atoms with Gasteiger partial charge in [0.2, 0.25) is 5.91 Å². The van der Waals surface area contributed by atoms with E-state index >= 15 is 0 Å². The maximum absolute atomic E-state index is 14.4. The molecule has 8 heteroatoms. The zero-order valence-electron chi connectivity index (χ0n) is 21.3. The number of aromatic amines is 1. The molecule has 0 bridgehead atoms. The van der Waals surface area contributed by atoms with Crippen LogP contribution in [-0.2, 0) is 20.8 Å². The van der Waals surface area contributed by atoms with Gasteiger partial charge < -0.3 is 24.7 Å². The van der Waals surface area contributed by atoms with Gasteiger partial charge in [-0.2, -0.15) is 0 Å². The molecule has 1 aromatic heterocycles. The van der Waals surface area contributed by atoms with E-state index in [1.807, 2.05) is 35.2 Å². The molecule has 2 saturated carbocycles. The van der Waals surface area contributed by atoms with E-state index in [0.29, 0.717) is 32.0 Å². The van der Waals surface area contributed by atoms with Crippen LogP contribution in [0.15, 0.2) is 30.3 Å². The van der Waals surface area contributed by atoms with Crippen LogP contribution in [-0.4, -0.2) is 59.3 Å². The molecule has 3 aliphatic rings. The minimum absolute atomic E-state index is 0.0175. The quantitative estimate of drug-likeness (QED) is 0.494. The first-order valence-corrected chi connectivity index (χ1v) is 13.1. The van der Waals surface area contributed by atoms with Crippen molar-refractivity contribution in [1.82, 2.24) is 20.2 Å².